The first-order valence-corrected chi connectivity index (χ1v) is 4.93. The Morgan fingerprint density at radius 2 is 1.69 bits per heavy atom. The third kappa shape index (κ3) is 1.93. The lowest BCUT2D eigenvalue weighted by molar-refractivity contribution is 0.0979. The van der Waals surface area contributed by atoms with E-state index in [1.165, 1.54) is 0 Å². The maximum absolute atomic E-state index is 11.9. The summed E-state index contributed by atoms with van der Waals surface area (Å²) in [5, 5.41) is 7.30. The lowest BCUT2D eigenvalue weighted by Crippen LogP contribution is -2.33. The largest absolute Gasteiger partial charge is 0.385 e. The third-order valence-corrected chi connectivity index (χ3v) is 2.48. The number of amidine groups is 2. The van der Waals surface area contributed by atoms with Gasteiger partial charge >= 0.3 is 0 Å². The van der Waals surface area contributed by atoms with Crippen LogP contribution in [0.5, 0.6) is 0 Å². The number of benzene rings is 1. The van der Waals surface area contributed by atoms with E-state index in [1.54, 1.807) is 12.1 Å². The van der Waals surface area contributed by atoms with Gasteiger partial charge in [0.2, 0.25) is 0 Å². The van der Waals surface area contributed by atoms with Crippen molar-refractivity contribution in [3.05, 3.63) is 35.9 Å². The summed E-state index contributed by atoms with van der Waals surface area (Å²) in [7, 11) is 0. The van der Waals surface area contributed by atoms with Gasteiger partial charge in [-0.15, -0.1) is 10.2 Å². The van der Waals surface area contributed by atoms with Gasteiger partial charge in [-0.1, -0.05) is 30.3 Å². The van der Waals surface area contributed by atoms with Crippen molar-refractivity contribution in [2.24, 2.45) is 27.6 Å². The number of Topliss-reactive ketones (excluding diaryl/α,β-unsaturated/α-hetero) is 1. The van der Waals surface area contributed by atoms with Crippen LogP contribution in [0.2, 0.25) is 0 Å². The van der Waals surface area contributed by atoms with Crippen molar-refractivity contribution < 1.29 is 4.79 Å². The van der Waals surface area contributed by atoms with Crippen LogP contribution in [0.3, 0.4) is 0 Å². The molecular weight excluding hydrogens is 204 g/mol. The summed E-state index contributed by atoms with van der Waals surface area (Å²) in [5.41, 5.74) is 11.8. The summed E-state index contributed by atoms with van der Waals surface area (Å²) in [6, 6.07) is 9.02. The average molecular weight is 216 g/mol. The number of carbonyl (C=O) groups is 1. The maximum Gasteiger partial charge on any atom is 0.164 e. The molecule has 82 valence electrons. The number of nitrogens with zero attached hydrogens (tertiary/aromatic N) is 2. The van der Waals surface area contributed by atoms with Crippen LogP contribution in [0.15, 0.2) is 40.5 Å². The summed E-state index contributed by atoms with van der Waals surface area (Å²) in [4.78, 5) is 11.9. The molecule has 1 aromatic rings. The zero-order chi connectivity index (χ0) is 11.5. The first-order chi connectivity index (χ1) is 7.68. The molecule has 0 spiro atoms. The highest BCUT2D eigenvalue weighted by Crippen LogP contribution is 2.14. The van der Waals surface area contributed by atoms with Gasteiger partial charge in [0.15, 0.2) is 5.78 Å². The molecule has 0 radical (unpaired) electrons. The molecule has 1 aliphatic heterocycles. The highest BCUT2D eigenvalue weighted by molar-refractivity contribution is 6.11. The molecule has 0 saturated heterocycles. The highest BCUT2D eigenvalue weighted by Gasteiger charge is 2.26. The highest BCUT2D eigenvalue weighted by atomic mass is 16.1. The average Bonchev–Trinajstić information content (AvgIpc) is 2.62. The summed E-state index contributed by atoms with van der Waals surface area (Å²) in [6.45, 7) is 0. The van der Waals surface area contributed by atoms with E-state index in [2.05, 4.69) is 10.2 Å². The topological polar surface area (TPSA) is 93.8 Å². The predicted molar refractivity (Wildman–Crippen MR) is 62.1 cm³/mol. The van der Waals surface area contributed by atoms with Crippen LogP contribution in [0.1, 0.15) is 16.8 Å². The fourth-order valence-electron chi connectivity index (χ4n) is 1.54. The van der Waals surface area contributed by atoms with Crippen molar-refractivity contribution in [3.8, 4) is 0 Å². The van der Waals surface area contributed by atoms with E-state index in [-0.39, 0.29) is 18.1 Å². The van der Waals surface area contributed by atoms with Gasteiger partial charge in [0.05, 0.1) is 5.92 Å². The fraction of sp³-hybridized carbons (Fsp3) is 0.182. The van der Waals surface area contributed by atoms with E-state index in [1.807, 2.05) is 18.2 Å². The zero-order valence-corrected chi connectivity index (χ0v) is 8.63. The molecule has 1 aliphatic rings. The molecule has 5 nitrogen and oxygen atoms in total. The van der Waals surface area contributed by atoms with Crippen LogP contribution in [-0.4, -0.2) is 17.5 Å². The van der Waals surface area contributed by atoms with E-state index in [0.29, 0.717) is 17.2 Å². The van der Waals surface area contributed by atoms with Crippen LogP contribution in [0.25, 0.3) is 0 Å². The fourth-order valence-corrected chi connectivity index (χ4v) is 1.54. The molecule has 0 saturated carbocycles. The number of ketones is 1. The lowest BCUT2D eigenvalue weighted by atomic mass is 9.97. The summed E-state index contributed by atoms with van der Waals surface area (Å²) >= 11 is 0. The van der Waals surface area contributed by atoms with E-state index in [4.69, 9.17) is 11.5 Å². The third-order valence-electron chi connectivity index (χ3n) is 2.48. The van der Waals surface area contributed by atoms with E-state index < -0.39 is 0 Å². The van der Waals surface area contributed by atoms with E-state index >= 15 is 0 Å². The van der Waals surface area contributed by atoms with Gasteiger partial charge in [0.1, 0.15) is 11.7 Å². The summed E-state index contributed by atoms with van der Waals surface area (Å²) in [5.74, 6) is 0.250. The minimum absolute atomic E-state index is 0.0104. The summed E-state index contributed by atoms with van der Waals surface area (Å²) in [6.07, 6.45) is 0.217. The van der Waals surface area contributed by atoms with Crippen molar-refractivity contribution in [2.45, 2.75) is 6.42 Å². The monoisotopic (exact) mass is 216 g/mol. The smallest absolute Gasteiger partial charge is 0.164 e. The second-order valence-electron chi connectivity index (χ2n) is 3.60. The molecule has 0 unspecified atom stereocenters. The van der Waals surface area contributed by atoms with Crippen LogP contribution >= 0.6 is 0 Å². The molecule has 5 heteroatoms. The van der Waals surface area contributed by atoms with Gasteiger partial charge in [0.25, 0.3) is 0 Å². The molecule has 16 heavy (non-hydrogen) atoms. The number of rotatable bonds is 3. The van der Waals surface area contributed by atoms with Crippen molar-refractivity contribution in [2.75, 3.05) is 0 Å². The number of nitrogens with two attached hydrogens (primary N) is 2. The number of hydrogen-bond acceptors (Lipinski definition) is 5. The minimum atomic E-state index is -0.354. The zero-order valence-electron chi connectivity index (χ0n) is 8.63. The standard InChI is InChI=1S/C11H12N4O/c12-10-8(11(13)15-14-10)6-9(16)7-4-2-1-3-5-7/h1-5,8H,6H2,(H2,12,14)(H2,13,15). The normalized spacial score (nSPS) is 15.8. The van der Waals surface area contributed by atoms with Crippen molar-refractivity contribution >= 4 is 17.5 Å². The molecule has 0 aromatic heterocycles. The quantitative estimate of drug-likeness (QED) is 0.721. The molecule has 1 aromatic carbocycles. The Morgan fingerprint density at radius 1 is 1.12 bits per heavy atom. The Kier molecular flexibility index (Phi) is 2.68. The Balaban J connectivity index is 2.09. The molecule has 0 bridgehead atoms. The molecule has 0 amide bonds. The van der Waals surface area contributed by atoms with Gasteiger partial charge in [-0.2, -0.15) is 0 Å². The van der Waals surface area contributed by atoms with Crippen molar-refractivity contribution in [3.63, 3.8) is 0 Å². The molecule has 2 rings (SSSR count). The molecule has 4 N–H and O–H groups in total. The van der Waals surface area contributed by atoms with E-state index in [9.17, 15) is 4.79 Å². The van der Waals surface area contributed by atoms with Crippen LogP contribution < -0.4 is 11.5 Å². The van der Waals surface area contributed by atoms with Crippen molar-refractivity contribution in [1.82, 2.24) is 0 Å². The minimum Gasteiger partial charge on any atom is -0.385 e. The number of hydrogen-bond donors (Lipinski definition) is 2. The van der Waals surface area contributed by atoms with Gasteiger partial charge < -0.3 is 11.5 Å². The second-order valence-corrected chi connectivity index (χ2v) is 3.60. The second kappa shape index (κ2) is 4.14. The van der Waals surface area contributed by atoms with Gasteiger partial charge in [-0.3, -0.25) is 4.79 Å². The van der Waals surface area contributed by atoms with Crippen LogP contribution in [-0.2, 0) is 0 Å². The Bertz CT molecular complexity index is 446. The Hall–Kier alpha value is -2.17. The Labute approximate surface area is 92.9 Å². The molecular formula is C11H12N4O. The molecule has 0 atom stereocenters. The number of carbonyl (C=O) groups excluding carboxylic acids is 1. The SMILES string of the molecule is NC1=NN=C(N)C1CC(=O)c1ccccc1. The summed E-state index contributed by atoms with van der Waals surface area (Å²) < 4.78 is 0. The lowest BCUT2D eigenvalue weighted by Gasteiger charge is -2.08. The Morgan fingerprint density at radius 3 is 2.25 bits per heavy atom. The van der Waals surface area contributed by atoms with Crippen LogP contribution in [0.4, 0.5) is 0 Å². The maximum atomic E-state index is 11.9. The predicted octanol–water partition coefficient (Wildman–Crippen LogP) is 0.519. The first-order valence-electron chi connectivity index (χ1n) is 4.93. The van der Waals surface area contributed by atoms with Gasteiger partial charge in [0, 0.05) is 12.0 Å². The van der Waals surface area contributed by atoms with Crippen molar-refractivity contribution in [1.29, 1.82) is 0 Å². The molecule has 0 fully saturated rings. The van der Waals surface area contributed by atoms with E-state index in [0.717, 1.165) is 0 Å². The van der Waals surface area contributed by atoms with Crippen LogP contribution in [0, 0.1) is 5.92 Å². The van der Waals surface area contributed by atoms with Gasteiger partial charge in [-0.05, 0) is 0 Å². The van der Waals surface area contributed by atoms with Gasteiger partial charge in [-0.25, -0.2) is 0 Å². The first kappa shape index (κ1) is 10.4. The molecule has 1 heterocycles. The molecule has 0 aliphatic carbocycles.